The Bertz CT molecular complexity index is 395. The molecule has 4 heteroatoms. The third kappa shape index (κ3) is 2.94. The SMILES string of the molecule is COc1cccc(CN2CCCC(O)C2)c1OC. The van der Waals surface area contributed by atoms with Crippen LogP contribution in [0.3, 0.4) is 0 Å². The van der Waals surface area contributed by atoms with E-state index in [2.05, 4.69) is 4.90 Å². The number of β-amino-alcohol motifs (C(OH)–C–C–N with tert-alkyl or cyclic N) is 1. The van der Waals surface area contributed by atoms with Gasteiger partial charge in [-0.2, -0.15) is 0 Å². The highest BCUT2D eigenvalue weighted by molar-refractivity contribution is 5.46. The Kier molecular flexibility index (Phi) is 4.44. The van der Waals surface area contributed by atoms with Gasteiger partial charge in [0.15, 0.2) is 11.5 Å². The fraction of sp³-hybridized carbons (Fsp3) is 0.571. The lowest BCUT2D eigenvalue weighted by atomic mass is 10.1. The quantitative estimate of drug-likeness (QED) is 0.883. The van der Waals surface area contributed by atoms with Crippen molar-refractivity contribution in [3.8, 4) is 11.5 Å². The largest absolute Gasteiger partial charge is 0.493 e. The number of nitrogens with zero attached hydrogens (tertiary/aromatic N) is 1. The number of benzene rings is 1. The predicted octanol–water partition coefficient (Wildman–Crippen LogP) is 1.66. The maximum absolute atomic E-state index is 9.69. The Morgan fingerprint density at radius 1 is 1.33 bits per heavy atom. The van der Waals surface area contributed by atoms with Crippen LogP contribution in [0.4, 0.5) is 0 Å². The molecule has 1 aliphatic heterocycles. The highest BCUT2D eigenvalue weighted by Crippen LogP contribution is 2.31. The second-order valence-electron chi connectivity index (χ2n) is 4.68. The zero-order chi connectivity index (χ0) is 13.0. The summed E-state index contributed by atoms with van der Waals surface area (Å²) in [5.41, 5.74) is 1.10. The Balaban J connectivity index is 2.12. The van der Waals surface area contributed by atoms with E-state index in [0.717, 1.165) is 49.5 Å². The number of piperidine rings is 1. The van der Waals surface area contributed by atoms with Gasteiger partial charge in [0.2, 0.25) is 0 Å². The summed E-state index contributed by atoms with van der Waals surface area (Å²) < 4.78 is 10.7. The van der Waals surface area contributed by atoms with E-state index >= 15 is 0 Å². The van der Waals surface area contributed by atoms with E-state index in [1.165, 1.54) is 0 Å². The third-order valence-corrected chi connectivity index (χ3v) is 3.36. The van der Waals surface area contributed by atoms with Gasteiger partial charge in [0.25, 0.3) is 0 Å². The fourth-order valence-corrected chi connectivity index (χ4v) is 2.49. The van der Waals surface area contributed by atoms with Crippen molar-refractivity contribution in [1.82, 2.24) is 4.90 Å². The number of para-hydroxylation sites is 1. The third-order valence-electron chi connectivity index (χ3n) is 3.36. The van der Waals surface area contributed by atoms with Crippen LogP contribution in [0.5, 0.6) is 11.5 Å². The van der Waals surface area contributed by atoms with E-state index in [4.69, 9.17) is 9.47 Å². The van der Waals surface area contributed by atoms with Crippen LogP contribution in [-0.2, 0) is 6.54 Å². The fourth-order valence-electron chi connectivity index (χ4n) is 2.49. The topological polar surface area (TPSA) is 41.9 Å². The summed E-state index contributed by atoms with van der Waals surface area (Å²) in [5.74, 6) is 1.55. The normalized spacial score (nSPS) is 20.7. The maximum Gasteiger partial charge on any atom is 0.165 e. The van der Waals surface area contributed by atoms with Gasteiger partial charge in [0, 0.05) is 18.7 Å². The van der Waals surface area contributed by atoms with Crippen LogP contribution in [0.15, 0.2) is 18.2 Å². The number of likely N-dealkylation sites (tertiary alicyclic amines) is 1. The second-order valence-corrected chi connectivity index (χ2v) is 4.68. The molecule has 0 aromatic heterocycles. The summed E-state index contributed by atoms with van der Waals surface area (Å²) >= 11 is 0. The van der Waals surface area contributed by atoms with Gasteiger partial charge in [-0.25, -0.2) is 0 Å². The first-order valence-corrected chi connectivity index (χ1v) is 6.35. The van der Waals surface area contributed by atoms with Gasteiger partial charge in [0.05, 0.1) is 20.3 Å². The average Bonchev–Trinajstić information content (AvgIpc) is 2.38. The molecule has 1 aromatic rings. The van der Waals surface area contributed by atoms with E-state index < -0.39 is 0 Å². The molecule has 0 saturated carbocycles. The van der Waals surface area contributed by atoms with Gasteiger partial charge in [0.1, 0.15) is 0 Å². The average molecular weight is 251 g/mol. The van der Waals surface area contributed by atoms with Crippen molar-refractivity contribution in [2.75, 3.05) is 27.3 Å². The van der Waals surface area contributed by atoms with Crippen molar-refractivity contribution in [2.24, 2.45) is 0 Å². The Morgan fingerprint density at radius 2 is 2.17 bits per heavy atom. The first-order chi connectivity index (χ1) is 8.74. The summed E-state index contributed by atoms with van der Waals surface area (Å²) in [5, 5.41) is 9.69. The van der Waals surface area contributed by atoms with Gasteiger partial charge in [-0.1, -0.05) is 12.1 Å². The van der Waals surface area contributed by atoms with Gasteiger partial charge >= 0.3 is 0 Å². The Morgan fingerprint density at radius 3 is 2.83 bits per heavy atom. The number of rotatable bonds is 4. The van der Waals surface area contributed by atoms with Crippen molar-refractivity contribution < 1.29 is 14.6 Å². The lowest BCUT2D eigenvalue weighted by Crippen LogP contribution is -2.37. The van der Waals surface area contributed by atoms with Crippen molar-refractivity contribution in [3.63, 3.8) is 0 Å². The first kappa shape index (κ1) is 13.2. The highest BCUT2D eigenvalue weighted by Gasteiger charge is 2.19. The van der Waals surface area contributed by atoms with Crippen LogP contribution in [0.2, 0.25) is 0 Å². The summed E-state index contributed by atoms with van der Waals surface area (Å²) in [6, 6.07) is 5.91. The zero-order valence-corrected chi connectivity index (χ0v) is 11.1. The molecule has 1 atom stereocenters. The minimum Gasteiger partial charge on any atom is -0.493 e. The lowest BCUT2D eigenvalue weighted by Gasteiger charge is -2.30. The molecule has 1 aromatic carbocycles. The molecular weight excluding hydrogens is 230 g/mol. The molecule has 1 heterocycles. The minimum atomic E-state index is -0.199. The van der Waals surface area contributed by atoms with Crippen molar-refractivity contribution >= 4 is 0 Å². The van der Waals surface area contributed by atoms with Crippen LogP contribution >= 0.6 is 0 Å². The molecule has 0 bridgehead atoms. The monoisotopic (exact) mass is 251 g/mol. The van der Waals surface area contributed by atoms with Crippen LogP contribution in [0.1, 0.15) is 18.4 Å². The predicted molar refractivity (Wildman–Crippen MR) is 70.1 cm³/mol. The molecule has 0 aliphatic carbocycles. The molecule has 1 saturated heterocycles. The number of hydrogen-bond acceptors (Lipinski definition) is 4. The highest BCUT2D eigenvalue weighted by atomic mass is 16.5. The van der Waals surface area contributed by atoms with Gasteiger partial charge in [-0.05, 0) is 25.5 Å². The molecule has 0 radical (unpaired) electrons. The maximum atomic E-state index is 9.69. The van der Waals surface area contributed by atoms with Crippen LogP contribution in [0.25, 0.3) is 0 Å². The van der Waals surface area contributed by atoms with E-state index in [1.54, 1.807) is 14.2 Å². The minimum absolute atomic E-state index is 0.199. The molecule has 0 spiro atoms. The number of ether oxygens (including phenoxy) is 2. The zero-order valence-electron chi connectivity index (χ0n) is 11.1. The van der Waals surface area contributed by atoms with E-state index in [9.17, 15) is 5.11 Å². The summed E-state index contributed by atoms with van der Waals surface area (Å²) in [7, 11) is 3.30. The van der Waals surface area contributed by atoms with E-state index in [-0.39, 0.29) is 6.10 Å². The lowest BCUT2D eigenvalue weighted by molar-refractivity contribution is 0.0664. The summed E-state index contributed by atoms with van der Waals surface area (Å²) in [6.45, 7) is 2.55. The van der Waals surface area contributed by atoms with Crippen molar-refractivity contribution in [2.45, 2.75) is 25.5 Å². The van der Waals surface area contributed by atoms with Crippen LogP contribution in [-0.4, -0.2) is 43.4 Å². The molecule has 1 fully saturated rings. The Labute approximate surface area is 108 Å². The summed E-state index contributed by atoms with van der Waals surface area (Å²) in [6.07, 6.45) is 1.76. The molecule has 18 heavy (non-hydrogen) atoms. The van der Waals surface area contributed by atoms with Gasteiger partial charge in [-0.3, -0.25) is 4.90 Å². The molecule has 1 unspecified atom stereocenters. The molecular formula is C14H21NO3. The van der Waals surface area contributed by atoms with E-state index in [1.807, 2.05) is 18.2 Å². The van der Waals surface area contributed by atoms with Gasteiger partial charge in [-0.15, -0.1) is 0 Å². The molecule has 1 aliphatic rings. The molecule has 100 valence electrons. The van der Waals surface area contributed by atoms with Crippen molar-refractivity contribution in [3.05, 3.63) is 23.8 Å². The molecule has 0 amide bonds. The smallest absolute Gasteiger partial charge is 0.165 e. The molecule has 2 rings (SSSR count). The standard InChI is InChI=1S/C14H21NO3/c1-17-13-7-3-5-11(14(13)18-2)9-15-8-4-6-12(16)10-15/h3,5,7,12,16H,4,6,8-10H2,1-2H3. The summed E-state index contributed by atoms with van der Waals surface area (Å²) in [4.78, 5) is 2.26. The number of aliphatic hydroxyl groups is 1. The number of methoxy groups -OCH3 is 2. The second kappa shape index (κ2) is 6.07. The van der Waals surface area contributed by atoms with E-state index in [0.29, 0.717) is 0 Å². The Hall–Kier alpha value is -1.26. The molecule has 4 nitrogen and oxygen atoms in total. The first-order valence-electron chi connectivity index (χ1n) is 6.35. The number of hydrogen-bond donors (Lipinski definition) is 1. The number of aliphatic hydroxyl groups excluding tert-OH is 1. The van der Waals surface area contributed by atoms with Crippen LogP contribution in [0, 0.1) is 0 Å². The molecule has 1 N–H and O–H groups in total. The van der Waals surface area contributed by atoms with Crippen LogP contribution < -0.4 is 9.47 Å². The van der Waals surface area contributed by atoms with Crippen molar-refractivity contribution in [1.29, 1.82) is 0 Å². The van der Waals surface area contributed by atoms with Gasteiger partial charge < -0.3 is 14.6 Å².